The molecule has 0 radical (unpaired) electrons. The summed E-state index contributed by atoms with van der Waals surface area (Å²) in [5.74, 6) is -0.567. The zero-order chi connectivity index (χ0) is 23.1. The molecular weight excluding hydrogens is 545 g/mol. The van der Waals surface area contributed by atoms with Crippen molar-refractivity contribution >= 4 is 41.6 Å². The van der Waals surface area contributed by atoms with Gasteiger partial charge in [0.2, 0.25) is 0 Å². The molecule has 0 bridgehead atoms. The smallest absolute Gasteiger partial charge is 0.341 e. The van der Waals surface area contributed by atoms with Crippen molar-refractivity contribution in [2.75, 3.05) is 38.8 Å². The number of halogens is 3. The Morgan fingerprint density at radius 1 is 1.21 bits per heavy atom. The second kappa shape index (κ2) is 12.6. The van der Waals surface area contributed by atoms with Crippen LogP contribution in [0.15, 0.2) is 41.4 Å². The summed E-state index contributed by atoms with van der Waals surface area (Å²) in [5.41, 5.74) is 1.56. The van der Waals surface area contributed by atoms with E-state index < -0.39 is 17.6 Å². The fourth-order valence-corrected chi connectivity index (χ4v) is 3.64. The third-order valence-corrected chi connectivity index (χ3v) is 5.21. The number of benzene rings is 2. The van der Waals surface area contributed by atoms with E-state index in [0.717, 1.165) is 18.1 Å². The van der Waals surface area contributed by atoms with E-state index in [4.69, 9.17) is 9.47 Å². The number of hydrogen-bond acceptors (Lipinski definition) is 5. The number of carbonyl (C=O) groups is 1. The number of methoxy groups -OCH3 is 2. The van der Waals surface area contributed by atoms with Crippen molar-refractivity contribution in [3.05, 3.63) is 59.2 Å². The summed E-state index contributed by atoms with van der Waals surface area (Å²) in [4.78, 5) is 18.5. The molecule has 1 aliphatic heterocycles. The van der Waals surface area contributed by atoms with E-state index in [9.17, 15) is 13.6 Å². The van der Waals surface area contributed by atoms with Gasteiger partial charge in [-0.25, -0.2) is 18.6 Å². The molecule has 7 nitrogen and oxygen atoms in total. The second-order valence-electron chi connectivity index (χ2n) is 7.39. The Morgan fingerprint density at radius 2 is 2.00 bits per heavy atom. The molecule has 10 heteroatoms. The van der Waals surface area contributed by atoms with Gasteiger partial charge in [-0.05, 0) is 43.2 Å². The lowest BCUT2D eigenvalue weighted by molar-refractivity contribution is 0.0597. The maximum Gasteiger partial charge on any atom is 0.341 e. The van der Waals surface area contributed by atoms with Crippen molar-refractivity contribution < 1.29 is 23.0 Å². The zero-order valence-corrected chi connectivity index (χ0v) is 21.2. The predicted octanol–water partition coefficient (Wildman–Crippen LogP) is 3.71. The highest BCUT2D eigenvalue weighted by molar-refractivity contribution is 14.0. The molecule has 1 saturated heterocycles. The van der Waals surface area contributed by atoms with E-state index in [1.165, 1.54) is 26.4 Å². The van der Waals surface area contributed by atoms with E-state index in [1.807, 2.05) is 17.9 Å². The van der Waals surface area contributed by atoms with Gasteiger partial charge in [0.25, 0.3) is 0 Å². The summed E-state index contributed by atoms with van der Waals surface area (Å²) >= 11 is 0. The number of rotatable bonds is 7. The molecule has 0 saturated carbocycles. The largest absolute Gasteiger partial charge is 0.496 e. The maximum atomic E-state index is 14.1. The van der Waals surface area contributed by atoms with Crippen molar-refractivity contribution in [3.63, 3.8) is 0 Å². The van der Waals surface area contributed by atoms with Crippen molar-refractivity contribution in [1.82, 2.24) is 10.6 Å². The fraction of sp³-hybridized carbons (Fsp3) is 0.391. The van der Waals surface area contributed by atoms with Crippen LogP contribution in [0.1, 0.15) is 29.3 Å². The average molecular weight is 574 g/mol. The SMILES string of the molecule is CCNC(=NCc1ccc(OC)c(C(=O)OC)c1)NC1CCN(c2ccc(F)cc2F)C1.I. The first-order valence-electron chi connectivity index (χ1n) is 10.4. The minimum Gasteiger partial charge on any atom is -0.496 e. The molecule has 1 atom stereocenters. The van der Waals surface area contributed by atoms with Crippen LogP contribution in [0.3, 0.4) is 0 Å². The normalized spacial score (nSPS) is 15.6. The minimum atomic E-state index is -0.587. The van der Waals surface area contributed by atoms with Gasteiger partial charge in [0, 0.05) is 31.7 Å². The highest BCUT2D eigenvalue weighted by atomic mass is 127. The van der Waals surface area contributed by atoms with E-state index in [2.05, 4.69) is 15.6 Å². The van der Waals surface area contributed by atoms with E-state index >= 15 is 0 Å². The van der Waals surface area contributed by atoms with Gasteiger partial charge in [0.05, 0.1) is 26.5 Å². The lowest BCUT2D eigenvalue weighted by atomic mass is 10.1. The minimum absolute atomic E-state index is 0. The number of carbonyl (C=O) groups excluding carboxylic acids is 1. The molecule has 180 valence electrons. The Hall–Kier alpha value is -2.63. The van der Waals surface area contributed by atoms with E-state index in [0.29, 0.717) is 49.1 Å². The van der Waals surface area contributed by atoms with Crippen LogP contribution in [0.2, 0.25) is 0 Å². The molecule has 2 aromatic rings. The van der Waals surface area contributed by atoms with E-state index in [-0.39, 0.29) is 30.0 Å². The van der Waals surface area contributed by atoms with Crippen LogP contribution in [0.5, 0.6) is 5.75 Å². The lowest BCUT2D eigenvalue weighted by Gasteiger charge is -2.21. The number of guanidine groups is 1. The van der Waals surface area contributed by atoms with Gasteiger partial charge in [0.15, 0.2) is 5.96 Å². The first-order chi connectivity index (χ1) is 15.4. The van der Waals surface area contributed by atoms with Gasteiger partial charge in [-0.1, -0.05) is 6.07 Å². The molecule has 0 aromatic heterocycles. The third kappa shape index (κ3) is 6.92. The molecule has 3 rings (SSSR count). The topological polar surface area (TPSA) is 75.2 Å². The Labute approximate surface area is 209 Å². The van der Waals surface area contributed by atoms with E-state index in [1.54, 1.807) is 12.1 Å². The van der Waals surface area contributed by atoms with Crippen LogP contribution in [0.4, 0.5) is 14.5 Å². The quantitative estimate of drug-likeness (QED) is 0.228. The van der Waals surface area contributed by atoms with Crippen molar-refractivity contribution in [3.8, 4) is 5.75 Å². The summed E-state index contributed by atoms with van der Waals surface area (Å²) < 4.78 is 37.3. The summed E-state index contributed by atoms with van der Waals surface area (Å²) in [7, 11) is 2.82. The Morgan fingerprint density at radius 3 is 2.67 bits per heavy atom. The molecular formula is C23H29F2IN4O3. The second-order valence-corrected chi connectivity index (χ2v) is 7.39. The van der Waals surface area contributed by atoms with Crippen molar-refractivity contribution in [1.29, 1.82) is 0 Å². The first kappa shape index (κ1) is 26.6. The molecule has 1 unspecified atom stereocenters. The Kier molecular flexibility index (Phi) is 10.1. The molecule has 0 amide bonds. The van der Waals surface area contributed by atoms with Crippen LogP contribution in [-0.4, -0.2) is 51.8 Å². The van der Waals surface area contributed by atoms with Crippen molar-refractivity contribution in [2.45, 2.75) is 25.9 Å². The molecule has 33 heavy (non-hydrogen) atoms. The highest BCUT2D eigenvalue weighted by Crippen LogP contribution is 2.24. The van der Waals surface area contributed by atoms with Crippen LogP contribution in [0.25, 0.3) is 0 Å². The van der Waals surface area contributed by atoms with Gasteiger partial charge >= 0.3 is 5.97 Å². The number of hydrogen-bond donors (Lipinski definition) is 2. The Balaban J connectivity index is 0.00000385. The monoisotopic (exact) mass is 574 g/mol. The predicted molar refractivity (Wildman–Crippen MR) is 135 cm³/mol. The van der Waals surface area contributed by atoms with Crippen molar-refractivity contribution in [2.24, 2.45) is 4.99 Å². The molecule has 1 heterocycles. The van der Waals surface area contributed by atoms with Gasteiger partial charge in [-0.15, -0.1) is 24.0 Å². The van der Waals surface area contributed by atoms with Crippen LogP contribution < -0.4 is 20.3 Å². The molecule has 0 aliphatic carbocycles. The summed E-state index contributed by atoms with van der Waals surface area (Å²) in [6.07, 6.45) is 0.788. The van der Waals surface area contributed by atoms with Gasteiger partial charge < -0.3 is 25.0 Å². The highest BCUT2D eigenvalue weighted by Gasteiger charge is 2.25. The summed E-state index contributed by atoms with van der Waals surface area (Å²) in [6.45, 7) is 4.20. The number of ether oxygens (including phenoxy) is 2. The standard InChI is InChI=1S/C23H28F2N4O3.HI/c1-4-26-23(27-13-15-5-8-21(31-2)18(11-15)22(30)32-3)28-17-9-10-29(14-17)20-7-6-16(24)12-19(20)25;/h5-8,11-12,17H,4,9-10,13-14H2,1-3H3,(H2,26,27,28);1H. The molecule has 2 aromatic carbocycles. The number of nitrogens with one attached hydrogen (secondary N) is 2. The lowest BCUT2D eigenvalue weighted by Crippen LogP contribution is -2.44. The number of anilines is 1. The fourth-order valence-electron chi connectivity index (χ4n) is 3.64. The van der Waals surface area contributed by atoms with Crippen LogP contribution in [-0.2, 0) is 11.3 Å². The van der Waals surface area contributed by atoms with Crippen LogP contribution in [0, 0.1) is 11.6 Å². The summed E-state index contributed by atoms with van der Waals surface area (Å²) in [5, 5.41) is 6.58. The van der Waals surface area contributed by atoms with Gasteiger partial charge in [-0.2, -0.15) is 0 Å². The van der Waals surface area contributed by atoms with Gasteiger partial charge in [0.1, 0.15) is 22.9 Å². The Bertz CT molecular complexity index is 990. The van der Waals surface area contributed by atoms with Gasteiger partial charge in [-0.3, -0.25) is 0 Å². The molecule has 0 spiro atoms. The molecule has 2 N–H and O–H groups in total. The molecule has 1 aliphatic rings. The number of nitrogens with zero attached hydrogens (tertiary/aromatic N) is 2. The summed E-state index contributed by atoms with van der Waals surface area (Å²) in [6, 6.07) is 8.94. The van der Waals surface area contributed by atoms with Crippen LogP contribution >= 0.6 is 24.0 Å². The maximum absolute atomic E-state index is 14.1. The average Bonchev–Trinajstić information content (AvgIpc) is 3.25. The number of esters is 1. The molecule has 1 fully saturated rings. The zero-order valence-electron chi connectivity index (χ0n) is 18.9. The first-order valence-corrected chi connectivity index (χ1v) is 10.4. The number of aliphatic imine (C=N–C) groups is 1. The third-order valence-electron chi connectivity index (χ3n) is 5.21.